The maximum atomic E-state index is 13.3. The van der Waals surface area contributed by atoms with Gasteiger partial charge < -0.3 is 14.5 Å². The normalized spacial score (nSPS) is 23.4. The Bertz CT molecular complexity index is 1180. The number of hydrogen-bond acceptors (Lipinski definition) is 8. The highest BCUT2D eigenvalue weighted by Crippen LogP contribution is 2.46. The fourth-order valence-corrected chi connectivity index (χ4v) is 6.25. The van der Waals surface area contributed by atoms with E-state index in [0.29, 0.717) is 39.9 Å². The number of H-pyrrole nitrogens is 1. The van der Waals surface area contributed by atoms with Gasteiger partial charge in [0.2, 0.25) is 0 Å². The van der Waals surface area contributed by atoms with Crippen LogP contribution in [0.15, 0.2) is 35.9 Å². The number of carbonyl (C=O) groups is 2. The average Bonchev–Trinajstić information content (AvgIpc) is 3.50. The molecule has 0 bridgehead atoms. The molecule has 1 saturated heterocycles. The van der Waals surface area contributed by atoms with Crippen LogP contribution in [0.1, 0.15) is 44.1 Å². The summed E-state index contributed by atoms with van der Waals surface area (Å²) >= 11 is 7.38. The number of hydrogen-bond donors (Lipinski definition) is 1. The number of imidazole rings is 1. The first-order chi connectivity index (χ1) is 16.5. The molecular formula is C24H25ClN4O4S. The molecular weight excluding hydrogens is 476 g/mol. The van der Waals surface area contributed by atoms with Crippen molar-refractivity contribution in [2.24, 2.45) is 5.92 Å². The number of rotatable bonds is 7. The van der Waals surface area contributed by atoms with Crippen LogP contribution in [0.2, 0.25) is 5.02 Å². The Balaban J connectivity index is 1.34. The highest BCUT2D eigenvalue weighted by molar-refractivity contribution is 8.01. The number of nitrogens with one attached hydrogen (secondary N) is 1. The van der Waals surface area contributed by atoms with Gasteiger partial charge in [-0.2, -0.15) is 0 Å². The van der Waals surface area contributed by atoms with Gasteiger partial charge in [-0.1, -0.05) is 42.3 Å². The predicted molar refractivity (Wildman–Crippen MR) is 128 cm³/mol. The highest BCUT2D eigenvalue weighted by atomic mass is 35.5. The van der Waals surface area contributed by atoms with Crippen LogP contribution in [0, 0.1) is 5.92 Å². The maximum absolute atomic E-state index is 13.3. The molecule has 10 heteroatoms. The third-order valence-electron chi connectivity index (χ3n) is 6.81. The molecule has 3 aromatic rings. The Kier molecular flexibility index (Phi) is 6.48. The van der Waals surface area contributed by atoms with Crippen molar-refractivity contribution in [1.29, 1.82) is 0 Å². The van der Waals surface area contributed by atoms with E-state index in [4.69, 9.17) is 21.1 Å². The minimum absolute atomic E-state index is 0.118. The van der Waals surface area contributed by atoms with Gasteiger partial charge in [0.25, 0.3) is 0 Å². The summed E-state index contributed by atoms with van der Waals surface area (Å²) in [6.45, 7) is 0. The van der Waals surface area contributed by atoms with Gasteiger partial charge in [0.15, 0.2) is 21.8 Å². The Labute approximate surface area is 206 Å². The number of Topliss-reactive ketones (excluding diaryl/α,β-unsaturated/α-hetero) is 1. The number of thioether (sulfide) groups is 1. The second-order valence-corrected chi connectivity index (χ2v) is 10.4. The minimum Gasteiger partial charge on any atom is -0.495 e. The monoisotopic (exact) mass is 500 g/mol. The molecule has 2 aliphatic rings. The van der Waals surface area contributed by atoms with Crippen LogP contribution < -0.4 is 4.74 Å². The summed E-state index contributed by atoms with van der Waals surface area (Å²) in [6.07, 6.45) is 8.56. The quantitative estimate of drug-likeness (QED) is 0.372. The number of aryl methyl sites for hydroxylation is 1. The third kappa shape index (κ3) is 4.51. The lowest BCUT2D eigenvalue weighted by molar-refractivity contribution is -0.177. The average molecular weight is 501 g/mol. The van der Waals surface area contributed by atoms with Gasteiger partial charge >= 0.3 is 5.97 Å². The zero-order chi connectivity index (χ0) is 23.7. The molecule has 0 amide bonds. The van der Waals surface area contributed by atoms with E-state index in [-0.39, 0.29) is 18.1 Å². The van der Waals surface area contributed by atoms with Crippen molar-refractivity contribution in [3.63, 3.8) is 0 Å². The summed E-state index contributed by atoms with van der Waals surface area (Å²) in [5.74, 6) is 0.188. The van der Waals surface area contributed by atoms with E-state index in [1.54, 1.807) is 13.3 Å². The number of benzene rings is 1. The number of carbonyl (C=O) groups excluding carboxylic acids is 2. The van der Waals surface area contributed by atoms with E-state index >= 15 is 0 Å². The highest BCUT2D eigenvalue weighted by Gasteiger charge is 2.52. The third-order valence-corrected chi connectivity index (χ3v) is 8.21. The molecule has 2 unspecified atom stereocenters. The Hall–Kier alpha value is -2.65. The number of ketones is 1. The first kappa shape index (κ1) is 23.1. The molecule has 178 valence electrons. The topological polar surface area (TPSA) is 107 Å². The fraction of sp³-hybridized carbons (Fsp3) is 0.458. The Morgan fingerprint density at radius 2 is 2.12 bits per heavy atom. The smallest absolute Gasteiger partial charge is 0.327 e. The number of halogens is 1. The van der Waals surface area contributed by atoms with Gasteiger partial charge in [0.05, 0.1) is 18.3 Å². The van der Waals surface area contributed by atoms with Crippen molar-refractivity contribution >= 4 is 46.3 Å². The van der Waals surface area contributed by atoms with Gasteiger partial charge in [-0.05, 0) is 49.3 Å². The number of ether oxygens (including phenoxy) is 2. The second kappa shape index (κ2) is 9.54. The number of esters is 1. The molecule has 5 rings (SSSR count). The lowest BCUT2D eigenvalue weighted by Gasteiger charge is -2.42. The van der Waals surface area contributed by atoms with Gasteiger partial charge in [-0.25, -0.2) is 15.0 Å². The Morgan fingerprint density at radius 3 is 2.82 bits per heavy atom. The fourth-order valence-electron chi connectivity index (χ4n) is 5.07. The minimum atomic E-state index is -0.946. The summed E-state index contributed by atoms with van der Waals surface area (Å²) in [6, 6.07) is 5.67. The van der Waals surface area contributed by atoms with Crippen molar-refractivity contribution in [3.8, 4) is 5.75 Å². The van der Waals surface area contributed by atoms with E-state index in [1.807, 2.05) is 18.2 Å². The number of fused-ring (bicyclic) bond motifs is 1. The summed E-state index contributed by atoms with van der Waals surface area (Å²) < 4.78 is 11.4. The molecule has 1 aliphatic heterocycles. The van der Waals surface area contributed by atoms with Gasteiger partial charge in [-0.3, -0.25) is 9.59 Å². The number of aromatic amines is 1. The van der Waals surface area contributed by atoms with E-state index in [1.165, 1.54) is 6.33 Å². The predicted octanol–water partition coefficient (Wildman–Crippen LogP) is 4.55. The Morgan fingerprint density at radius 1 is 1.29 bits per heavy atom. The molecule has 1 N–H and O–H groups in total. The van der Waals surface area contributed by atoms with E-state index in [0.717, 1.165) is 43.0 Å². The first-order valence-electron chi connectivity index (χ1n) is 11.4. The van der Waals surface area contributed by atoms with Crippen LogP contribution in [0.5, 0.6) is 5.75 Å². The SMILES string of the molecule is COc1ccc(CCC2(C3CCCC3)CC(=O)C(Sc3nc4ncncc4[nH]3)C(=O)O2)cc1Cl. The van der Waals surface area contributed by atoms with Crippen LogP contribution in [0.4, 0.5) is 0 Å². The van der Waals surface area contributed by atoms with Gasteiger partial charge in [0, 0.05) is 6.42 Å². The van der Waals surface area contributed by atoms with E-state index in [9.17, 15) is 9.59 Å². The molecule has 34 heavy (non-hydrogen) atoms. The standard InChI is InChI=1S/C24H25ClN4O4S/c1-32-19-7-6-14(10-16(19)25)8-9-24(15-4-2-3-5-15)11-18(30)20(22(31)33-24)34-23-28-17-12-26-13-27-21(17)29-23/h6-7,10,12-13,15,20H,2-5,8-9,11H2,1H3,(H,26,27,28,29). The number of methoxy groups -OCH3 is 1. The maximum Gasteiger partial charge on any atom is 0.327 e. The molecule has 1 saturated carbocycles. The molecule has 0 radical (unpaired) electrons. The van der Waals surface area contributed by atoms with Gasteiger partial charge in [0.1, 0.15) is 23.2 Å². The van der Waals surface area contributed by atoms with Crippen LogP contribution in [0.25, 0.3) is 11.2 Å². The van der Waals surface area contributed by atoms with E-state index < -0.39 is 16.8 Å². The van der Waals surface area contributed by atoms with Crippen molar-refractivity contribution in [2.75, 3.05) is 7.11 Å². The molecule has 1 aliphatic carbocycles. The molecule has 0 spiro atoms. The first-order valence-corrected chi connectivity index (χ1v) is 12.6. The van der Waals surface area contributed by atoms with Crippen LogP contribution in [0.3, 0.4) is 0 Å². The lowest BCUT2D eigenvalue weighted by Crippen LogP contribution is -2.53. The molecule has 3 heterocycles. The summed E-state index contributed by atoms with van der Waals surface area (Å²) in [5.41, 5.74) is 1.38. The molecule has 1 aromatic carbocycles. The summed E-state index contributed by atoms with van der Waals surface area (Å²) in [7, 11) is 1.58. The van der Waals surface area contributed by atoms with Crippen LogP contribution >= 0.6 is 23.4 Å². The zero-order valence-electron chi connectivity index (χ0n) is 18.8. The van der Waals surface area contributed by atoms with Crippen LogP contribution in [-0.2, 0) is 20.7 Å². The lowest BCUT2D eigenvalue weighted by atomic mass is 9.76. The summed E-state index contributed by atoms with van der Waals surface area (Å²) in [4.78, 5) is 42.0. The molecule has 2 aromatic heterocycles. The van der Waals surface area contributed by atoms with Crippen molar-refractivity contribution < 1.29 is 19.1 Å². The van der Waals surface area contributed by atoms with Crippen LogP contribution in [-0.4, -0.2) is 49.6 Å². The number of nitrogens with zero attached hydrogens (tertiary/aromatic N) is 3. The number of aromatic nitrogens is 4. The van der Waals surface area contributed by atoms with Crippen molar-refractivity contribution in [3.05, 3.63) is 41.3 Å². The largest absolute Gasteiger partial charge is 0.495 e. The van der Waals surface area contributed by atoms with E-state index in [2.05, 4.69) is 19.9 Å². The second-order valence-electron chi connectivity index (χ2n) is 8.88. The van der Waals surface area contributed by atoms with Crippen molar-refractivity contribution in [2.45, 2.75) is 61.0 Å². The summed E-state index contributed by atoms with van der Waals surface area (Å²) in [5, 5.41) is 0.0455. The van der Waals surface area contributed by atoms with Gasteiger partial charge in [-0.15, -0.1) is 0 Å². The molecule has 2 fully saturated rings. The zero-order valence-corrected chi connectivity index (χ0v) is 20.3. The molecule has 8 nitrogen and oxygen atoms in total. The molecule has 2 atom stereocenters. The number of cyclic esters (lactones) is 1. The van der Waals surface area contributed by atoms with Crippen molar-refractivity contribution in [1.82, 2.24) is 19.9 Å².